The van der Waals surface area contributed by atoms with Gasteiger partial charge in [-0.05, 0) is 37.5 Å². The van der Waals surface area contributed by atoms with Crippen LogP contribution in [0.15, 0.2) is 36.7 Å². The number of hydrogen-bond acceptors (Lipinski definition) is 3. The monoisotopic (exact) mass is 264 g/mol. The lowest BCUT2D eigenvalue weighted by Gasteiger charge is -2.11. The van der Waals surface area contributed by atoms with Gasteiger partial charge in [-0.1, -0.05) is 12.1 Å². The molecule has 0 aliphatic heterocycles. The van der Waals surface area contributed by atoms with Crippen LogP contribution in [0.25, 0.3) is 22.4 Å². The average molecular weight is 264 g/mol. The Labute approximate surface area is 117 Å². The second-order valence-electron chi connectivity index (χ2n) is 5.44. The molecule has 3 aromatic rings. The normalized spacial score (nSPS) is 14.8. The quantitative estimate of drug-likeness (QED) is 0.722. The zero-order valence-electron chi connectivity index (χ0n) is 11.4. The summed E-state index contributed by atoms with van der Waals surface area (Å²) >= 11 is 0. The van der Waals surface area contributed by atoms with Gasteiger partial charge in [0.1, 0.15) is 11.3 Å². The van der Waals surface area contributed by atoms with Crippen LogP contribution < -0.4 is 5.73 Å². The summed E-state index contributed by atoms with van der Waals surface area (Å²) in [6.45, 7) is 2.03. The van der Waals surface area contributed by atoms with Gasteiger partial charge in [-0.25, -0.2) is 4.98 Å². The summed E-state index contributed by atoms with van der Waals surface area (Å²) in [5, 5.41) is 0. The number of aromatic nitrogens is 3. The standard InChI is InChI=1S/C16H16N4/c1-10-3-2-4-12(15(10)17)16-19-13-9-18-8-7-14(13)20(16)11-5-6-11/h2-4,7-9,11H,5-6,17H2,1H3. The zero-order valence-corrected chi connectivity index (χ0v) is 11.4. The number of rotatable bonds is 2. The van der Waals surface area contributed by atoms with E-state index in [1.165, 1.54) is 12.8 Å². The van der Waals surface area contributed by atoms with Gasteiger partial charge in [0, 0.05) is 23.5 Å². The van der Waals surface area contributed by atoms with E-state index in [2.05, 4.69) is 15.6 Å². The lowest BCUT2D eigenvalue weighted by molar-refractivity contribution is 0.775. The van der Waals surface area contributed by atoms with Crippen molar-refractivity contribution in [3.05, 3.63) is 42.2 Å². The van der Waals surface area contributed by atoms with E-state index in [1.807, 2.05) is 37.5 Å². The molecule has 0 radical (unpaired) electrons. The highest BCUT2D eigenvalue weighted by Crippen LogP contribution is 2.42. The first-order chi connectivity index (χ1) is 9.75. The van der Waals surface area contributed by atoms with Crippen LogP contribution in [-0.2, 0) is 0 Å². The van der Waals surface area contributed by atoms with E-state index >= 15 is 0 Å². The van der Waals surface area contributed by atoms with Gasteiger partial charge in [0.15, 0.2) is 0 Å². The largest absolute Gasteiger partial charge is 0.398 e. The van der Waals surface area contributed by atoms with Crippen molar-refractivity contribution < 1.29 is 0 Å². The van der Waals surface area contributed by atoms with Crippen molar-refractivity contribution in [1.29, 1.82) is 0 Å². The third-order valence-electron chi connectivity index (χ3n) is 3.97. The molecule has 1 aliphatic rings. The number of nitrogens with zero attached hydrogens (tertiary/aromatic N) is 3. The number of nitrogen functional groups attached to an aromatic ring is 1. The molecule has 0 saturated heterocycles. The molecular weight excluding hydrogens is 248 g/mol. The maximum atomic E-state index is 6.26. The Morgan fingerprint density at radius 2 is 2.10 bits per heavy atom. The van der Waals surface area contributed by atoms with Gasteiger partial charge in [0.2, 0.25) is 0 Å². The Morgan fingerprint density at radius 3 is 2.90 bits per heavy atom. The molecule has 0 unspecified atom stereocenters. The number of hydrogen-bond donors (Lipinski definition) is 1. The molecule has 1 aliphatic carbocycles. The number of nitrogens with two attached hydrogens (primary N) is 1. The fourth-order valence-corrected chi connectivity index (χ4v) is 2.72. The smallest absolute Gasteiger partial charge is 0.143 e. The first-order valence-electron chi connectivity index (χ1n) is 6.93. The first-order valence-corrected chi connectivity index (χ1v) is 6.93. The average Bonchev–Trinajstić information content (AvgIpc) is 3.22. The summed E-state index contributed by atoms with van der Waals surface area (Å²) in [6, 6.07) is 8.71. The highest BCUT2D eigenvalue weighted by molar-refractivity contribution is 5.84. The Kier molecular flexibility index (Phi) is 2.33. The second-order valence-corrected chi connectivity index (χ2v) is 5.44. The number of anilines is 1. The van der Waals surface area contributed by atoms with E-state index < -0.39 is 0 Å². The van der Waals surface area contributed by atoms with E-state index in [4.69, 9.17) is 10.7 Å². The molecule has 2 N–H and O–H groups in total. The maximum Gasteiger partial charge on any atom is 0.143 e. The van der Waals surface area contributed by atoms with Gasteiger partial charge >= 0.3 is 0 Å². The molecule has 4 rings (SSSR count). The number of pyridine rings is 1. The molecule has 1 saturated carbocycles. The van der Waals surface area contributed by atoms with Crippen molar-refractivity contribution >= 4 is 16.7 Å². The topological polar surface area (TPSA) is 56.7 Å². The van der Waals surface area contributed by atoms with Crippen LogP contribution >= 0.6 is 0 Å². The van der Waals surface area contributed by atoms with Crippen LogP contribution in [0.3, 0.4) is 0 Å². The van der Waals surface area contributed by atoms with Crippen LogP contribution in [0.2, 0.25) is 0 Å². The van der Waals surface area contributed by atoms with Gasteiger partial charge in [-0.15, -0.1) is 0 Å². The summed E-state index contributed by atoms with van der Waals surface area (Å²) < 4.78 is 2.32. The number of benzene rings is 1. The van der Waals surface area contributed by atoms with E-state index in [1.54, 1.807) is 0 Å². The summed E-state index contributed by atoms with van der Waals surface area (Å²) in [6.07, 6.45) is 6.08. The minimum absolute atomic E-state index is 0.553. The van der Waals surface area contributed by atoms with Crippen molar-refractivity contribution in [2.24, 2.45) is 0 Å². The SMILES string of the molecule is Cc1cccc(-c2nc3cnccc3n2C2CC2)c1N. The van der Waals surface area contributed by atoms with Gasteiger partial charge in [0.25, 0.3) is 0 Å². The molecule has 4 nitrogen and oxygen atoms in total. The Hall–Kier alpha value is -2.36. The van der Waals surface area contributed by atoms with E-state index in [9.17, 15) is 0 Å². The van der Waals surface area contributed by atoms with Crippen molar-refractivity contribution in [3.63, 3.8) is 0 Å². The number of aryl methyl sites for hydroxylation is 1. The third kappa shape index (κ3) is 1.61. The van der Waals surface area contributed by atoms with Gasteiger partial charge in [-0.2, -0.15) is 0 Å². The number of para-hydroxylation sites is 1. The Balaban J connectivity index is 2.04. The molecule has 1 fully saturated rings. The predicted molar refractivity (Wildman–Crippen MR) is 80.4 cm³/mol. The van der Waals surface area contributed by atoms with Crippen LogP contribution in [-0.4, -0.2) is 14.5 Å². The zero-order chi connectivity index (χ0) is 13.7. The van der Waals surface area contributed by atoms with Crippen LogP contribution in [0.5, 0.6) is 0 Å². The molecule has 0 amide bonds. The summed E-state index contributed by atoms with van der Waals surface area (Å²) in [4.78, 5) is 8.94. The Bertz CT molecular complexity index is 799. The molecular formula is C16H16N4. The van der Waals surface area contributed by atoms with Gasteiger partial charge in [0.05, 0.1) is 11.7 Å². The maximum absolute atomic E-state index is 6.26. The van der Waals surface area contributed by atoms with E-state index in [0.29, 0.717) is 6.04 Å². The number of fused-ring (bicyclic) bond motifs is 1. The minimum Gasteiger partial charge on any atom is -0.398 e. The minimum atomic E-state index is 0.553. The van der Waals surface area contributed by atoms with Crippen molar-refractivity contribution in [3.8, 4) is 11.4 Å². The van der Waals surface area contributed by atoms with Crippen LogP contribution in [0.4, 0.5) is 5.69 Å². The molecule has 4 heteroatoms. The lowest BCUT2D eigenvalue weighted by Crippen LogP contribution is -2.01. The number of imidazole rings is 1. The third-order valence-corrected chi connectivity index (χ3v) is 3.97. The van der Waals surface area contributed by atoms with Crippen LogP contribution in [0, 0.1) is 6.92 Å². The predicted octanol–water partition coefficient (Wildman–Crippen LogP) is 3.32. The molecule has 1 aromatic carbocycles. The first kappa shape index (κ1) is 11.5. The van der Waals surface area contributed by atoms with Crippen molar-refractivity contribution in [2.75, 3.05) is 5.73 Å². The lowest BCUT2D eigenvalue weighted by atomic mass is 10.1. The molecule has 2 aromatic heterocycles. The summed E-state index contributed by atoms with van der Waals surface area (Å²) in [5.74, 6) is 0.969. The van der Waals surface area contributed by atoms with Crippen molar-refractivity contribution in [1.82, 2.24) is 14.5 Å². The molecule has 20 heavy (non-hydrogen) atoms. The second kappa shape index (κ2) is 4.07. The summed E-state index contributed by atoms with van der Waals surface area (Å²) in [7, 11) is 0. The van der Waals surface area contributed by atoms with Gasteiger partial charge < -0.3 is 10.3 Å². The fraction of sp³-hybridized carbons (Fsp3) is 0.250. The van der Waals surface area contributed by atoms with E-state index in [0.717, 1.165) is 33.7 Å². The van der Waals surface area contributed by atoms with Crippen molar-refractivity contribution in [2.45, 2.75) is 25.8 Å². The van der Waals surface area contributed by atoms with Crippen LogP contribution in [0.1, 0.15) is 24.4 Å². The Morgan fingerprint density at radius 1 is 1.25 bits per heavy atom. The molecule has 0 atom stereocenters. The molecule has 2 heterocycles. The van der Waals surface area contributed by atoms with Gasteiger partial charge in [-0.3, -0.25) is 4.98 Å². The molecule has 0 spiro atoms. The summed E-state index contributed by atoms with van der Waals surface area (Å²) in [5.41, 5.74) is 11.3. The highest BCUT2D eigenvalue weighted by atomic mass is 15.1. The fourth-order valence-electron chi connectivity index (χ4n) is 2.72. The molecule has 0 bridgehead atoms. The van der Waals surface area contributed by atoms with E-state index in [-0.39, 0.29) is 0 Å². The highest BCUT2D eigenvalue weighted by Gasteiger charge is 2.29. The molecule has 100 valence electrons.